The number of carbonyl (C=O) groups is 1. The van der Waals surface area contributed by atoms with Gasteiger partial charge in [-0.3, -0.25) is 9.48 Å². The third-order valence-corrected chi connectivity index (χ3v) is 6.70. The van der Waals surface area contributed by atoms with Gasteiger partial charge in [-0.15, -0.1) is 0 Å². The number of fused-ring (bicyclic) bond motifs is 3. The van der Waals surface area contributed by atoms with Crippen molar-refractivity contribution in [1.29, 1.82) is 0 Å². The molecule has 0 unspecified atom stereocenters. The predicted molar refractivity (Wildman–Crippen MR) is 111 cm³/mol. The van der Waals surface area contributed by atoms with Crippen molar-refractivity contribution in [2.45, 2.75) is 63.2 Å². The maximum absolute atomic E-state index is 13.0. The number of carbonyl (C=O) groups excluding carboxylic acids is 1. The highest BCUT2D eigenvalue weighted by Crippen LogP contribution is 2.50. The summed E-state index contributed by atoms with van der Waals surface area (Å²) >= 11 is 0. The van der Waals surface area contributed by atoms with Crippen LogP contribution in [0.1, 0.15) is 59.0 Å². The maximum atomic E-state index is 13.0. The highest BCUT2D eigenvalue weighted by atomic mass is 16.6. The van der Waals surface area contributed by atoms with Gasteiger partial charge < -0.3 is 23.9 Å². The van der Waals surface area contributed by atoms with Gasteiger partial charge in [0.05, 0.1) is 38.2 Å². The molecule has 2 atom stereocenters. The van der Waals surface area contributed by atoms with Crippen LogP contribution in [0.3, 0.4) is 0 Å². The molecular formula is C23H29N3O5. The summed E-state index contributed by atoms with van der Waals surface area (Å²) in [6, 6.07) is 0. The van der Waals surface area contributed by atoms with Gasteiger partial charge in [-0.05, 0) is 43.6 Å². The lowest BCUT2D eigenvalue weighted by Gasteiger charge is -2.22. The standard InChI is InChI=1S/C23H29N3O5/c27-23(24-10-16-2-1-7-29-16)22-19(14-3-4-14)20-18(31-22)6-5-15-11-26(25-21(15)20)12-17-13-28-8-9-30-17/h11,14,16-17H,1-10,12-13H2,(H,24,27)/t16-,17-/m0/s1. The van der Waals surface area contributed by atoms with Crippen LogP contribution in [0.25, 0.3) is 11.3 Å². The largest absolute Gasteiger partial charge is 0.455 e. The third-order valence-electron chi connectivity index (χ3n) is 6.70. The van der Waals surface area contributed by atoms with Gasteiger partial charge in [0.25, 0.3) is 5.91 Å². The van der Waals surface area contributed by atoms with Crippen LogP contribution in [0.4, 0.5) is 0 Å². The first-order valence-electron chi connectivity index (χ1n) is 11.6. The van der Waals surface area contributed by atoms with E-state index in [4.69, 9.17) is 23.7 Å². The first-order valence-corrected chi connectivity index (χ1v) is 11.6. The third kappa shape index (κ3) is 3.81. The van der Waals surface area contributed by atoms with Gasteiger partial charge in [0.1, 0.15) is 11.9 Å². The Morgan fingerprint density at radius 1 is 1.13 bits per heavy atom. The van der Waals surface area contributed by atoms with Crippen LogP contribution < -0.4 is 5.32 Å². The summed E-state index contributed by atoms with van der Waals surface area (Å²) in [5.74, 6) is 1.65. The number of nitrogens with zero attached hydrogens (tertiary/aromatic N) is 2. The summed E-state index contributed by atoms with van der Waals surface area (Å²) in [5, 5.41) is 7.95. The summed E-state index contributed by atoms with van der Waals surface area (Å²) in [6.45, 7) is 3.89. The van der Waals surface area contributed by atoms with Gasteiger partial charge in [-0.1, -0.05) is 0 Å². The lowest BCUT2D eigenvalue weighted by Crippen LogP contribution is -2.32. The summed E-state index contributed by atoms with van der Waals surface area (Å²) in [4.78, 5) is 13.0. The number of aromatic nitrogens is 2. The van der Waals surface area contributed by atoms with Crippen molar-refractivity contribution in [2.75, 3.05) is 33.0 Å². The van der Waals surface area contributed by atoms with Gasteiger partial charge in [0.15, 0.2) is 5.76 Å². The van der Waals surface area contributed by atoms with Crippen LogP contribution in [0.15, 0.2) is 10.6 Å². The molecule has 1 amide bonds. The Labute approximate surface area is 181 Å². The molecule has 8 nitrogen and oxygen atoms in total. The highest BCUT2D eigenvalue weighted by Gasteiger charge is 2.39. The van der Waals surface area contributed by atoms with E-state index in [1.54, 1.807) is 0 Å². The Balaban J connectivity index is 1.27. The molecule has 2 aliphatic carbocycles. The fourth-order valence-corrected chi connectivity index (χ4v) is 5.00. The number of aryl methyl sites for hydroxylation is 2. The topological polar surface area (TPSA) is 87.8 Å². The summed E-state index contributed by atoms with van der Waals surface area (Å²) in [7, 11) is 0. The molecule has 2 aliphatic heterocycles. The van der Waals surface area contributed by atoms with Crippen molar-refractivity contribution in [3.05, 3.63) is 28.8 Å². The number of amides is 1. The molecule has 3 fully saturated rings. The summed E-state index contributed by atoms with van der Waals surface area (Å²) in [5.41, 5.74) is 4.31. The van der Waals surface area contributed by atoms with Crippen molar-refractivity contribution in [2.24, 2.45) is 0 Å². The molecule has 31 heavy (non-hydrogen) atoms. The van der Waals surface area contributed by atoms with E-state index in [1.165, 1.54) is 5.56 Å². The molecule has 4 heterocycles. The second-order valence-corrected chi connectivity index (χ2v) is 9.06. The van der Waals surface area contributed by atoms with Gasteiger partial charge in [-0.2, -0.15) is 5.10 Å². The smallest absolute Gasteiger partial charge is 0.287 e. The molecule has 2 saturated heterocycles. The number of rotatable bonds is 6. The normalized spacial score (nSPS) is 25.3. The van der Waals surface area contributed by atoms with Crippen LogP contribution in [-0.2, 0) is 33.6 Å². The molecule has 0 bridgehead atoms. The lowest BCUT2D eigenvalue weighted by atomic mass is 9.91. The van der Waals surface area contributed by atoms with E-state index in [0.29, 0.717) is 44.6 Å². The van der Waals surface area contributed by atoms with Gasteiger partial charge in [-0.25, -0.2) is 0 Å². The van der Waals surface area contributed by atoms with Gasteiger partial charge in [0.2, 0.25) is 0 Å². The maximum Gasteiger partial charge on any atom is 0.287 e. The zero-order valence-corrected chi connectivity index (χ0v) is 17.7. The molecule has 1 N–H and O–H groups in total. The van der Waals surface area contributed by atoms with Crippen molar-refractivity contribution in [3.63, 3.8) is 0 Å². The fraction of sp³-hybridized carbons (Fsp3) is 0.652. The molecule has 8 heteroatoms. The minimum atomic E-state index is -0.125. The molecular weight excluding hydrogens is 398 g/mol. The molecule has 0 spiro atoms. The van der Waals surface area contributed by atoms with Crippen molar-refractivity contribution >= 4 is 5.91 Å². The minimum Gasteiger partial charge on any atom is -0.455 e. The zero-order valence-electron chi connectivity index (χ0n) is 17.7. The average Bonchev–Trinajstić information content (AvgIpc) is 3.18. The van der Waals surface area contributed by atoms with Crippen molar-refractivity contribution < 1.29 is 23.4 Å². The number of ether oxygens (including phenoxy) is 3. The molecule has 0 radical (unpaired) electrons. The van der Waals surface area contributed by atoms with Crippen LogP contribution in [0.5, 0.6) is 0 Å². The predicted octanol–water partition coefficient (Wildman–Crippen LogP) is 2.44. The van der Waals surface area contributed by atoms with Crippen molar-refractivity contribution in [1.82, 2.24) is 15.1 Å². The molecule has 166 valence electrons. The van der Waals surface area contributed by atoms with E-state index in [-0.39, 0.29) is 18.1 Å². The second kappa shape index (κ2) is 8.07. The summed E-state index contributed by atoms with van der Waals surface area (Å²) in [6.07, 6.45) is 8.20. The molecule has 2 aromatic rings. The highest BCUT2D eigenvalue weighted by molar-refractivity contribution is 5.96. The molecule has 1 saturated carbocycles. The number of furan rings is 1. The van der Waals surface area contributed by atoms with E-state index in [9.17, 15) is 4.79 Å². The average molecular weight is 428 g/mol. The van der Waals surface area contributed by atoms with Crippen molar-refractivity contribution in [3.8, 4) is 11.3 Å². The first-order chi connectivity index (χ1) is 15.3. The molecule has 0 aromatic carbocycles. The Bertz CT molecular complexity index is 964. The Morgan fingerprint density at radius 2 is 2.03 bits per heavy atom. The molecule has 6 rings (SSSR count). The molecule has 2 aromatic heterocycles. The minimum absolute atomic E-state index is 0.0287. The Hall–Kier alpha value is -2.16. The monoisotopic (exact) mass is 427 g/mol. The van der Waals surface area contributed by atoms with Crippen LogP contribution >= 0.6 is 0 Å². The quantitative estimate of drug-likeness (QED) is 0.762. The zero-order chi connectivity index (χ0) is 20.8. The van der Waals surface area contributed by atoms with E-state index in [2.05, 4.69) is 11.5 Å². The van der Waals surface area contributed by atoms with Gasteiger partial charge >= 0.3 is 0 Å². The number of hydrogen-bond acceptors (Lipinski definition) is 6. The Kier molecular flexibility index (Phi) is 5.08. The van der Waals surface area contributed by atoms with Crippen LogP contribution in [0.2, 0.25) is 0 Å². The first kappa shape index (κ1) is 19.5. The van der Waals surface area contributed by atoms with E-state index in [1.807, 2.05) is 4.68 Å². The Morgan fingerprint density at radius 3 is 2.81 bits per heavy atom. The molecule has 4 aliphatic rings. The lowest BCUT2D eigenvalue weighted by molar-refractivity contribution is -0.0946. The van der Waals surface area contributed by atoms with E-state index >= 15 is 0 Å². The van der Waals surface area contributed by atoms with E-state index in [0.717, 1.165) is 67.7 Å². The van der Waals surface area contributed by atoms with Crippen LogP contribution in [0, 0.1) is 0 Å². The number of nitrogens with one attached hydrogen (secondary N) is 1. The van der Waals surface area contributed by atoms with E-state index < -0.39 is 0 Å². The van der Waals surface area contributed by atoms with Crippen LogP contribution in [-0.4, -0.2) is 60.9 Å². The SMILES string of the molecule is O=C(NC[C@@H]1CCCO1)c1oc2c(c1C1CC1)-c1nn(C[C@H]3COCCO3)cc1CC2. The second-order valence-electron chi connectivity index (χ2n) is 9.06. The van der Waals surface area contributed by atoms with Gasteiger partial charge in [0, 0.05) is 36.9 Å². The fourth-order valence-electron chi connectivity index (χ4n) is 5.00. The summed E-state index contributed by atoms with van der Waals surface area (Å²) < 4.78 is 25.1. The number of hydrogen-bond donors (Lipinski definition) is 1.